The molecule has 1 rings (SSSR count). The lowest BCUT2D eigenvalue weighted by atomic mass is 10.0. The zero-order chi connectivity index (χ0) is 14.5. The van der Waals surface area contributed by atoms with Crippen LogP contribution in [0.3, 0.4) is 0 Å². The van der Waals surface area contributed by atoms with Gasteiger partial charge in [0.15, 0.2) is 0 Å². The summed E-state index contributed by atoms with van der Waals surface area (Å²) in [5, 5.41) is 3.54. The number of unbranched alkanes of at least 4 members (excludes halogenated alkanes) is 7. The summed E-state index contributed by atoms with van der Waals surface area (Å²) < 4.78 is 0. The molecule has 0 bridgehead atoms. The predicted molar refractivity (Wildman–Crippen MR) is 85.7 cm³/mol. The van der Waals surface area contributed by atoms with Gasteiger partial charge in [0.2, 0.25) is 0 Å². The van der Waals surface area contributed by atoms with Gasteiger partial charge in [-0.3, -0.25) is 0 Å². The van der Waals surface area contributed by atoms with Crippen molar-refractivity contribution >= 4 is 0 Å². The van der Waals surface area contributed by atoms with E-state index in [2.05, 4.69) is 29.1 Å². The van der Waals surface area contributed by atoms with Crippen molar-refractivity contribution in [1.29, 1.82) is 0 Å². The molecule has 0 radical (unpaired) electrons. The van der Waals surface area contributed by atoms with E-state index in [1.165, 1.54) is 63.4 Å². The van der Waals surface area contributed by atoms with Crippen LogP contribution in [0.1, 0.15) is 83.2 Å². The maximum absolute atomic E-state index is 4.12. The molecule has 0 aliphatic heterocycles. The normalized spacial score (nSPS) is 12.5. The molecule has 114 valence electrons. The van der Waals surface area contributed by atoms with Crippen LogP contribution in [0.15, 0.2) is 18.7 Å². The van der Waals surface area contributed by atoms with Gasteiger partial charge in [0, 0.05) is 24.0 Å². The van der Waals surface area contributed by atoms with Crippen molar-refractivity contribution in [2.75, 3.05) is 6.54 Å². The van der Waals surface area contributed by atoms with E-state index in [9.17, 15) is 0 Å². The van der Waals surface area contributed by atoms with Crippen LogP contribution in [0.5, 0.6) is 0 Å². The van der Waals surface area contributed by atoms with Gasteiger partial charge < -0.3 is 5.32 Å². The second kappa shape index (κ2) is 11.8. The second-order valence-electron chi connectivity index (χ2n) is 5.55. The first-order chi connectivity index (χ1) is 9.88. The second-order valence-corrected chi connectivity index (χ2v) is 5.55. The van der Waals surface area contributed by atoms with Crippen LogP contribution in [0.4, 0.5) is 0 Å². The molecule has 0 saturated carbocycles. The molecule has 3 heteroatoms. The van der Waals surface area contributed by atoms with Crippen LogP contribution in [0.2, 0.25) is 0 Å². The Kier molecular flexibility index (Phi) is 10.1. The van der Waals surface area contributed by atoms with Gasteiger partial charge in [0.25, 0.3) is 0 Å². The molecule has 0 aliphatic carbocycles. The number of hydrogen-bond acceptors (Lipinski definition) is 3. The lowest BCUT2D eigenvalue weighted by Gasteiger charge is -2.17. The quantitative estimate of drug-likeness (QED) is 0.565. The highest BCUT2D eigenvalue weighted by Crippen LogP contribution is 2.19. The van der Waals surface area contributed by atoms with Crippen molar-refractivity contribution in [2.24, 2.45) is 0 Å². The highest BCUT2D eigenvalue weighted by atomic mass is 14.9. The number of aromatic nitrogens is 2. The Hall–Kier alpha value is -0.960. The Labute approximate surface area is 124 Å². The van der Waals surface area contributed by atoms with Gasteiger partial charge in [-0.05, 0) is 13.0 Å². The third-order valence-electron chi connectivity index (χ3n) is 3.78. The Balaban J connectivity index is 2.14. The molecule has 1 aromatic rings. The van der Waals surface area contributed by atoms with Gasteiger partial charge in [0.05, 0.1) is 0 Å². The van der Waals surface area contributed by atoms with E-state index in [-0.39, 0.29) is 0 Å². The summed E-state index contributed by atoms with van der Waals surface area (Å²) in [6, 6.07) is 0.418. The molecule has 1 heterocycles. The molecule has 1 unspecified atom stereocenters. The lowest BCUT2D eigenvalue weighted by Crippen LogP contribution is -2.21. The Morgan fingerprint density at radius 2 is 1.50 bits per heavy atom. The van der Waals surface area contributed by atoms with Crippen LogP contribution >= 0.6 is 0 Å². The van der Waals surface area contributed by atoms with Gasteiger partial charge in [-0.15, -0.1) is 0 Å². The first-order valence-electron chi connectivity index (χ1n) is 8.36. The van der Waals surface area contributed by atoms with Crippen LogP contribution in [-0.2, 0) is 0 Å². The molecule has 1 aromatic heterocycles. The van der Waals surface area contributed by atoms with Crippen LogP contribution in [0.25, 0.3) is 0 Å². The first-order valence-corrected chi connectivity index (χ1v) is 8.36. The monoisotopic (exact) mass is 277 g/mol. The summed E-state index contributed by atoms with van der Waals surface area (Å²) in [7, 11) is 0. The molecule has 0 amide bonds. The molecule has 0 aromatic carbocycles. The molecule has 20 heavy (non-hydrogen) atoms. The van der Waals surface area contributed by atoms with Crippen molar-refractivity contribution in [2.45, 2.75) is 77.7 Å². The minimum Gasteiger partial charge on any atom is -0.310 e. The average Bonchev–Trinajstić information content (AvgIpc) is 2.50. The van der Waals surface area contributed by atoms with E-state index >= 15 is 0 Å². The topological polar surface area (TPSA) is 37.8 Å². The maximum Gasteiger partial charge on any atom is 0.115 e. The largest absolute Gasteiger partial charge is 0.310 e. The minimum atomic E-state index is 0.418. The molecule has 0 saturated heterocycles. The summed E-state index contributed by atoms with van der Waals surface area (Å²) in [5.41, 5.74) is 1.22. The van der Waals surface area contributed by atoms with Gasteiger partial charge >= 0.3 is 0 Å². The Morgan fingerprint density at radius 1 is 0.900 bits per heavy atom. The highest BCUT2D eigenvalue weighted by Gasteiger charge is 2.09. The zero-order valence-corrected chi connectivity index (χ0v) is 13.3. The van der Waals surface area contributed by atoms with E-state index in [0.717, 1.165) is 6.54 Å². The summed E-state index contributed by atoms with van der Waals surface area (Å²) in [6.07, 6.45) is 17.7. The fourth-order valence-electron chi connectivity index (χ4n) is 2.61. The minimum absolute atomic E-state index is 0.418. The number of hydrogen-bond donors (Lipinski definition) is 1. The fraction of sp³-hybridized carbons (Fsp3) is 0.765. The fourth-order valence-corrected chi connectivity index (χ4v) is 2.61. The molecule has 0 aliphatic rings. The average molecular weight is 277 g/mol. The van der Waals surface area contributed by atoms with Crippen LogP contribution in [0, 0.1) is 0 Å². The standard InChI is InChI=1S/C17H31N3/c1-3-5-6-7-8-9-10-11-12-17(20-4-2)16-13-18-15-19-14-16/h13-15,17,20H,3-12H2,1-2H3. The van der Waals surface area contributed by atoms with Gasteiger partial charge in [-0.25, -0.2) is 9.97 Å². The van der Waals surface area contributed by atoms with E-state index in [4.69, 9.17) is 0 Å². The Morgan fingerprint density at radius 3 is 2.10 bits per heavy atom. The maximum atomic E-state index is 4.12. The van der Waals surface area contributed by atoms with E-state index < -0.39 is 0 Å². The zero-order valence-electron chi connectivity index (χ0n) is 13.3. The molecule has 1 N–H and O–H groups in total. The third-order valence-corrected chi connectivity index (χ3v) is 3.78. The molecule has 1 atom stereocenters. The van der Waals surface area contributed by atoms with Crippen LogP contribution < -0.4 is 5.32 Å². The van der Waals surface area contributed by atoms with Crippen molar-refractivity contribution in [3.63, 3.8) is 0 Å². The van der Waals surface area contributed by atoms with E-state index in [1.807, 2.05) is 12.4 Å². The molecule has 0 fully saturated rings. The number of nitrogens with one attached hydrogen (secondary N) is 1. The SMILES string of the molecule is CCCCCCCCCCC(NCC)c1cncnc1. The van der Waals surface area contributed by atoms with E-state index in [1.54, 1.807) is 6.33 Å². The summed E-state index contributed by atoms with van der Waals surface area (Å²) in [4.78, 5) is 8.25. The van der Waals surface area contributed by atoms with Crippen molar-refractivity contribution < 1.29 is 0 Å². The summed E-state index contributed by atoms with van der Waals surface area (Å²) in [5.74, 6) is 0. The highest BCUT2D eigenvalue weighted by molar-refractivity contribution is 5.08. The number of nitrogens with zero attached hydrogens (tertiary/aromatic N) is 2. The smallest absolute Gasteiger partial charge is 0.115 e. The van der Waals surface area contributed by atoms with Gasteiger partial charge in [0.1, 0.15) is 6.33 Å². The molecular weight excluding hydrogens is 246 g/mol. The Bertz CT molecular complexity index is 313. The molecule has 3 nitrogen and oxygen atoms in total. The van der Waals surface area contributed by atoms with Crippen LogP contribution in [-0.4, -0.2) is 16.5 Å². The molecular formula is C17H31N3. The van der Waals surface area contributed by atoms with Crippen molar-refractivity contribution in [3.05, 3.63) is 24.3 Å². The predicted octanol–water partition coefficient (Wildman–Crippen LogP) is 4.66. The lowest BCUT2D eigenvalue weighted by molar-refractivity contribution is 0.473. The van der Waals surface area contributed by atoms with Crippen molar-refractivity contribution in [1.82, 2.24) is 15.3 Å². The third kappa shape index (κ3) is 7.59. The summed E-state index contributed by atoms with van der Waals surface area (Å²) >= 11 is 0. The molecule has 0 spiro atoms. The first kappa shape index (κ1) is 17.1. The van der Waals surface area contributed by atoms with E-state index in [0.29, 0.717) is 6.04 Å². The van der Waals surface area contributed by atoms with Gasteiger partial charge in [-0.2, -0.15) is 0 Å². The number of rotatable bonds is 12. The summed E-state index contributed by atoms with van der Waals surface area (Å²) in [6.45, 7) is 5.43. The van der Waals surface area contributed by atoms with Gasteiger partial charge in [-0.1, -0.05) is 65.2 Å². The van der Waals surface area contributed by atoms with Crippen molar-refractivity contribution in [3.8, 4) is 0 Å².